The Morgan fingerprint density at radius 3 is 1.92 bits per heavy atom. The van der Waals surface area contributed by atoms with Gasteiger partial charge >= 0.3 is 0 Å². The van der Waals surface area contributed by atoms with E-state index in [-0.39, 0.29) is 22.5 Å². The summed E-state index contributed by atoms with van der Waals surface area (Å²) in [4.78, 5) is 32.5. The molecule has 2 amide bonds. The molecule has 2 rings (SSSR count). The molecule has 1 heterocycles. The van der Waals surface area contributed by atoms with Crippen molar-refractivity contribution in [3.05, 3.63) is 29.3 Å². The van der Waals surface area contributed by atoms with Gasteiger partial charge in [0.2, 0.25) is 0 Å². The molecule has 140 valence electrons. The number of rotatable bonds is 5. The van der Waals surface area contributed by atoms with Gasteiger partial charge in [-0.05, 0) is 49.8 Å². The van der Waals surface area contributed by atoms with Crippen molar-refractivity contribution in [2.45, 2.75) is 13.8 Å². The summed E-state index contributed by atoms with van der Waals surface area (Å²) in [6.45, 7) is 4.56. The molecule has 26 heavy (non-hydrogen) atoms. The second-order valence-electron chi connectivity index (χ2n) is 6.47. The van der Waals surface area contributed by atoms with Gasteiger partial charge in [0.1, 0.15) is 5.57 Å². The molecule has 7 heteroatoms. The van der Waals surface area contributed by atoms with Crippen molar-refractivity contribution in [1.29, 1.82) is 0 Å². The van der Waals surface area contributed by atoms with Crippen LogP contribution in [0.3, 0.4) is 0 Å². The number of amides is 2. The lowest BCUT2D eigenvalue weighted by molar-refractivity contribution is -0.133. The summed E-state index contributed by atoms with van der Waals surface area (Å²) in [7, 11) is 7.82. The maximum absolute atomic E-state index is 12.8. The van der Waals surface area contributed by atoms with Crippen molar-refractivity contribution in [2.75, 3.05) is 51.1 Å². The van der Waals surface area contributed by atoms with Gasteiger partial charge in [0.15, 0.2) is 5.11 Å². The molecule has 1 aliphatic rings. The molecule has 1 fully saturated rings. The van der Waals surface area contributed by atoms with Crippen molar-refractivity contribution in [3.8, 4) is 0 Å². The topological polar surface area (TPSA) is 47.1 Å². The molecule has 1 aromatic carbocycles. The second-order valence-corrected chi connectivity index (χ2v) is 6.84. The van der Waals surface area contributed by atoms with Gasteiger partial charge in [-0.3, -0.25) is 19.4 Å². The maximum Gasteiger partial charge on any atom is 0.265 e. The highest BCUT2D eigenvalue weighted by Gasteiger charge is 2.37. The van der Waals surface area contributed by atoms with Gasteiger partial charge in [-0.1, -0.05) is 6.07 Å². The van der Waals surface area contributed by atoms with Crippen LogP contribution >= 0.6 is 12.2 Å². The molecule has 0 aliphatic carbocycles. The van der Waals surface area contributed by atoms with Crippen LogP contribution < -0.4 is 9.80 Å². The van der Waals surface area contributed by atoms with Crippen molar-refractivity contribution >= 4 is 46.6 Å². The van der Waals surface area contributed by atoms with Crippen LogP contribution in [0.15, 0.2) is 23.8 Å². The monoisotopic (exact) mass is 374 g/mol. The smallest absolute Gasteiger partial charge is 0.265 e. The Kier molecular flexibility index (Phi) is 6.02. The Morgan fingerprint density at radius 1 is 0.962 bits per heavy atom. The number of hydrogen-bond acceptors (Lipinski definition) is 5. The average molecular weight is 375 g/mol. The van der Waals surface area contributed by atoms with Crippen LogP contribution in [0.1, 0.15) is 19.4 Å². The Balaban J connectivity index is 2.58. The predicted octanol–water partition coefficient (Wildman–Crippen LogP) is 2.20. The third-order valence-electron chi connectivity index (χ3n) is 4.36. The largest absolute Gasteiger partial charge is 0.378 e. The third kappa shape index (κ3) is 3.58. The molecule has 1 saturated heterocycles. The summed E-state index contributed by atoms with van der Waals surface area (Å²) in [5.74, 6) is -0.679. The molecule has 0 radical (unpaired) electrons. The van der Waals surface area contributed by atoms with Gasteiger partial charge in [0, 0.05) is 52.7 Å². The van der Waals surface area contributed by atoms with Crippen LogP contribution in [-0.4, -0.2) is 68.0 Å². The standard InChI is InChI=1S/C19H26N4O2S/c1-7-22-17(24)15(18(25)23(8-2)19(22)26)11-13-9-10-14(20(3)4)12-16(13)21(5)6/h9-12H,7-8H2,1-6H3. The number of benzene rings is 1. The van der Waals surface area contributed by atoms with E-state index < -0.39 is 0 Å². The fourth-order valence-corrected chi connectivity index (χ4v) is 3.28. The molecule has 0 atom stereocenters. The summed E-state index contributed by atoms with van der Waals surface area (Å²) in [6, 6.07) is 5.93. The number of likely N-dealkylation sites (N-methyl/N-ethyl adjacent to an activating group) is 2. The summed E-state index contributed by atoms with van der Waals surface area (Å²) in [6.07, 6.45) is 1.67. The zero-order chi connectivity index (χ0) is 19.6. The van der Waals surface area contributed by atoms with Crippen LogP contribution in [-0.2, 0) is 9.59 Å². The highest BCUT2D eigenvalue weighted by molar-refractivity contribution is 7.80. The molecule has 1 aromatic rings. The average Bonchev–Trinajstić information content (AvgIpc) is 2.59. The van der Waals surface area contributed by atoms with Crippen LogP contribution in [0.4, 0.5) is 11.4 Å². The highest BCUT2D eigenvalue weighted by Crippen LogP contribution is 2.28. The molecule has 0 spiro atoms. The number of hydrogen-bond donors (Lipinski definition) is 0. The summed E-state index contributed by atoms with van der Waals surface area (Å²) < 4.78 is 0. The number of carbonyl (C=O) groups excluding carboxylic acids is 2. The lowest BCUT2D eigenvalue weighted by Crippen LogP contribution is -2.55. The first-order valence-electron chi connectivity index (χ1n) is 8.60. The van der Waals surface area contributed by atoms with Gasteiger partial charge in [-0.2, -0.15) is 0 Å². The van der Waals surface area contributed by atoms with E-state index in [4.69, 9.17) is 12.2 Å². The number of thiocarbonyl (C=S) groups is 1. The molecule has 0 saturated carbocycles. The summed E-state index contributed by atoms with van der Waals surface area (Å²) in [5.41, 5.74) is 2.94. The Morgan fingerprint density at radius 2 is 1.50 bits per heavy atom. The molecule has 0 aromatic heterocycles. The van der Waals surface area contributed by atoms with Gasteiger partial charge in [-0.15, -0.1) is 0 Å². The molecular formula is C19H26N4O2S. The fourth-order valence-electron chi connectivity index (χ4n) is 2.86. The minimum absolute atomic E-state index is 0.142. The Hall–Kier alpha value is -2.41. The van der Waals surface area contributed by atoms with E-state index in [1.54, 1.807) is 6.08 Å². The van der Waals surface area contributed by atoms with E-state index in [1.165, 1.54) is 9.80 Å². The first-order valence-corrected chi connectivity index (χ1v) is 9.01. The summed E-state index contributed by atoms with van der Waals surface area (Å²) >= 11 is 5.30. The molecule has 6 nitrogen and oxygen atoms in total. The predicted molar refractivity (Wildman–Crippen MR) is 110 cm³/mol. The normalized spacial score (nSPS) is 14.8. The first kappa shape index (κ1) is 19.9. The zero-order valence-corrected chi connectivity index (χ0v) is 17.1. The van der Waals surface area contributed by atoms with Crippen molar-refractivity contribution in [1.82, 2.24) is 9.80 Å². The molecule has 0 N–H and O–H groups in total. The van der Waals surface area contributed by atoms with Crippen molar-refractivity contribution < 1.29 is 9.59 Å². The lowest BCUT2D eigenvalue weighted by Gasteiger charge is -2.35. The SMILES string of the molecule is CCN1C(=O)C(=Cc2ccc(N(C)C)cc2N(C)C)C(=O)N(CC)C1=S. The maximum atomic E-state index is 12.8. The van der Waals surface area contributed by atoms with E-state index in [0.29, 0.717) is 13.1 Å². The van der Waals surface area contributed by atoms with Crippen molar-refractivity contribution in [3.63, 3.8) is 0 Å². The van der Waals surface area contributed by atoms with E-state index in [9.17, 15) is 9.59 Å². The van der Waals surface area contributed by atoms with E-state index in [0.717, 1.165) is 16.9 Å². The Bertz CT molecular complexity index is 743. The van der Waals surface area contributed by atoms with E-state index in [1.807, 2.05) is 70.0 Å². The van der Waals surface area contributed by atoms with Crippen LogP contribution in [0.5, 0.6) is 0 Å². The Labute approximate surface area is 160 Å². The van der Waals surface area contributed by atoms with E-state index >= 15 is 0 Å². The van der Waals surface area contributed by atoms with Gasteiger partial charge in [0.05, 0.1) is 0 Å². The van der Waals surface area contributed by atoms with Crippen LogP contribution in [0.2, 0.25) is 0 Å². The molecular weight excluding hydrogens is 348 g/mol. The second kappa shape index (κ2) is 7.86. The fraction of sp³-hybridized carbons (Fsp3) is 0.421. The third-order valence-corrected chi connectivity index (χ3v) is 4.80. The quantitative estimate of drug-likeness (QED) is 0.449. The van der Waals surface area contributed by atoms with E-state index in [2.05, 4.69) is 0 Å². The minimum Gasteiger partial charge on any atom is -0.378 e. The summed E-state index contributed by atoms with van der Waals surface area (Å²) in [5, 5.41) is 0.276. The van der Waals surface area contributed by atoms with Gasteiger partial charge in [-0.25, -0.2) is 0 Å². The van der Waals surface area contributed by atoms with Gasteiger partial charge < -0.3 is 9.80 Å². The van der Waals surface area contributed by atoms with Gasteiger partial charge in [0.25, 0.3) is 11.8 Å². The zero-order valence-electron chi connectivity index (χ0n) is 16.2. The van der Waals surface area contributed by atoms with Crippen LogP contribution in [0.25, 0.3) is 6.08 Å². The first-order chi connectivity index (χ1) is 12.2. The van der Waals surface area contributed by atoms with Crippen LogP contribution in [0, 0.1) is 0 Å². The number of anilines is 2. The number of nitrogens with zero attached hydrogens (tertiary/aromatic N) is 4. The lowest BCUT2D eigenvalue weighted by atomic mass is 10.0. The molecule has 0 unspecified atom stereocenters. The minimum atomic E-state index is -0.339. The van der Waals surface area contributed by atoms with Crippen molar-refractivity contribution in [2.24, 2.45) is 0 Å². The number of carbonyl (C=O) groups is 2. The molecule has 0 bridgehead atoms. The highest BCUT2D eigenvalue weighted by atomic mass is 32.1. The molecule has 1 aliphatic heterocycles.